The van der Waals surface area contributed by atoms with E-state index in [1.54, 1.807) is 13.1 Å². The van der Waals surface area contributed by atoms with E-state index in [1.807, 2.05) is 47.4 Å². The van der Waals surface area contributed by atoms with Gasteiger partial charge < -0.3 is 15.0 Å². The lowest BCUT2D eigenvalue weighted by Crippen LogP contribution is -2.47. The van der Waals surface area contributed by atoms with Crippen molar-refractivity contribution in [3.63, 3.8) is 0 Å². The second kappa shape index (κ2) is 7.77. The zero-order valence-electron chi connectivity index (χ0n) is 13.8. The number of amides is 1. The molecule has 2 heterocycles. The molecule has 6 nitrogen and oxygen atoms in total. The fourth-order valence-electron chi connectivity index (χ4n) is 2.84. The third-order valence-corrected chi connectivity index (χ3v) is 4.13. The predicted molar refractivity (Wildman–Crippen MR) is 91.8 cm³/mol. The van der Waals surface area contributed by atoms with Gasteiger partial charge in [0.2, 0.25) is 0 Å². The van der Waals surface area contributed by atoms with Gasteiger partial charge in [-0.2, -0.15) is 5.10 Å². The molecule has 1 aliphatic heterocycles. The SMILES string of the molecule is C[C@@H](Oc1ccccc1)C(=O)N1CCC(Nc2cccnn2)CC1. The molecule has 24 heavy (non-hydrogen) atoms. The fourth-order valence-corrected chi connectivity index (χ4v) is 2.84. The normalized spacial score (nSPS) is 16.5. The number of hydrogen-bond donors (Lipinski definition) is 1. The first-order chi connectivity index (χ1) is 11.7. The highest BCUT2D eigenvalue weighted by atomic mass is 16.5. The molecular formula is C18H22N4O2. The summed E-state index contributed by atoms with van der Waals surface area (Å²) in [5, 5.41) is 11.3. The summed E-state index contributed by atoms with van der Waals surface area (Å²) >= 11 is 0. The number of aromatic nitrogens is 2. The van der Waals surface area contributed by atoms with E-state index in [0.29, 0.717) is 6.04 Å². The zero-order valence-corrected chi connectivity index (χ0v) is 13.8. The van der Waals surface area contributed by atoms with Gasteiger partial charge in [-0.1, -0.05) is 18.2 Å². The van der Waals surface area contributed by atoms with Gasteiger partial charge in [-0.3, -0.25) is 4.79 Å². The second-order valence-electron chi connectivity index (χ2n) is 5.93. The monoisotopic (exact) mass is 326 g/mol. The summed E-state index contributed by atoms with van der Waals surface area (Å²) < 4.78 is 5.73. The largest absolute Gasteiger partial charge is 0.481 e. The highest BCUT2D eigenvalue weighted by Crippen LogP contribution is 2.17. The molecule has 1 aromatic carbocycles. The minimum Gasteiger partial charge on any atom is -0.481 e. The number of likely N-dealkylation sites (tertiary alicyclic amines) is 1. The Morgan fingerprint density at radius 1 is 1.21 bits per heavy atom. The number of rotatable bonds is 5. The number of hydrogen-bond acceptors (Lipinski definition) is 5. The van der Waals surface area contributed by atoms with Crippen LogP contribution in [0.4, 0.5) is 5.82 Å². The van der Waals surface area contributed by atoms with Gasteiger partial charge in [0.05, 0.1) is 0 Å². The molecule has 2 aromatic rings. The molecule has 1 aliphatic rings. The molecule has 1 aromatic heterocycles. The Labute approximate surface area is 141 Å². The molecule has 0 bridgehead atoms. The molecule has 1 N–H and O–H groups in total. The van der Waals surface area contributed by atoms with Crippen molar-refractivity contribution < 1.29 is 9.53 Å². The van der Waals surface area contributed by atoms with E-state index in [0.717, 1.165) is 37.5 Å². The number of carbonyl (C=O) groups is 1. The second-order valence-corrected chi connectivity index (χ2v) is 5.93. The first-order valence-electron chi connectivity index (χ1n) is 8.27. The van der Waals surface area contributed by atoms with Crippen LogP contribution in [-0.4, -0.2) is 46.2 Å². The Bertz CT molecular complexity index is 643. The van der Waals surface area contributed by atoms with E-state index < -0.39 is 6.10 Å². The number of para-hydroxylation sites is 1. The molecular weight excluding hydrogens is 304 g/mol. The van der Waals surface area contributed by atoms with Crippen LogP contribution in [0.3, 0.4) is 0 Å². The summed E-state index contributed by atoms with van der Waals surface area (Å²) in [7, 11) is 0. The molecule has 1 saturated heterocycles. The molecule has 126 valence electrons. The average molecular weight is 326 g/mol. The van der Waals surface area contributed by atoms with Crippen LogP contribution in [0.25, 0.3) is 0 Å². The lowest BCUT2D eigenvalue weighted by molar-refractivity contribution is -0.138. The van der Waals surface area contributed by atoms with Gasteiger partial charge in [0.15, 0.2) is 6.10 Å². The van der Waals surface area contributed by atoms with Crippen LogP contribution in [0.2, 0.25) is 0 Å². The molecule has 0 unspecified atom stereocenters. The molecule has 0 spiro atoms. The van der Waals surface area contributed by atoms with Gasteiger partial charge >= 0.3 is 0 Å². The van der Waals surface area contributed by atoms with E-state index >= 15 is 0 Å². The minimum absolute atomic E-state index is 0.0387. The summed E-state index contributed by atoms with van der Waals surface area (Å²) in [5.41, 5.74) is 0. The molecule has 0 aliphatic carbocycles. The Morgan fingerprint density at radius 3 is 2.62 bits per heavy atom. The van der Waals surface area contributed by atoms with Gasteiger partial charge in [0.1, 0.15) is 11.6 Å². The van der Waals surface area contributed by atoms with E-state index in [-0.39, 0.29) is 5.91 Å². The molecule has 1 atom stereocenters. The quantitative estimate of drug-likeness (QED) is 0.913. The van der Waals surface area contributed by atoms with E-state index in [1.165, 1.54) is 0 Å². The van der Waals surface area contributed by atoms with Crippen molar-refractivity contribution in [3.8, 4) is 5.75 Å². The Hall–Kier alpha value is -2.63. The maximum atomic E-state index is 12.5. The number of carbonyl (C=O) groups excluding carboxylic acids is 1. The summed E-state index contributed by atoms with van der Waals surface area (Å²) in [6, 6.07) is 13.5. The van der Waals surface area contributed by atoms with Crippen molar-refractivity contribution >= 4 is 11.7 Å². The van der Waals surface area contributed by atoms with Crippen LogP contribution in [0, 0.1) is 0 Å². The number of nitrogens with one attached hydrogen (secondary N) is 1. The van der Waals surface area contributed by atoms with E-state index in [9.17, 15) is 4.79 Å². The van der Waals surface area contributed by atoms with Crippen molar-refractivity contribution in [2.45, 2.75) is 31.9 Å². The lowest BCUT2D eigenvalue weighted by Gasteiger charge is -2.34. The predicted octanol–water partition coefficient (Wildman–Crippen LogP) is 2.35. The van der Waals surface area contributed by atoms with Crippen LogP contribution in [-0.2, 0) is 4.79 Å². The van der Waals surface area contributed by atoms with E-state index in [4.69, 9.17) is 4.74 Å². The van der Waals surface area contributed by atoms with Crippen molar-refractivity contribution in [1.82, 2.24) is 15.1 Å². The zero-order chi connectivity index (χ0) is 16.8. The molecule has 1 amide bonds. The van der Waals surface area contributed by atoms with Crippen LogP contribution < -0.4 is 10.1 Å². The standard InChI is InChI=1S/C18H22N4O2/c1-14(24-16-6-3-2-4-7-16)18(23)22-12-9-15(10-13-22)20-17-8-5-11-19-21-17/h2-8,11,14-15H,9-10,12-13H2,1H3,(H,20,21)/t14-/m1/s1. The maximum Gasteiger partial charge on any atom is 0.263 e. The number of benzene rings is 1. The van der Waals surface area contributed by atoms with Crippen LogP contribution in [0.15, 0.2) is 48.7 Å². The van der Waals surface area contributed by atoms with Crippen LogP contribution in [0.5, 0.6) is 5.75 Å². The van der Waals surface area contributed by atoms with Crippen molar-refractivity contribution in [1.29, 1.82) is 0 Å². The van der Waals surface area contributed by atoms with Crippen molar-refractivity contribution in [2.24, 2.45) is 0 Å². The summed E-state index contributed by atoms with van der Waals surface area (Å²) in [6.07, 6.45) is 2.96. The highest BCUT2D eigenvalue weighted by Gasteiger charge is 2.27. The first-order valence-corrected chi connectivity index (χ1v) is 8.27. The summed E-state index contributed by atoms with van der Waals surface area (Å²) in [6.45, 7) is 3.25. The van der Waals surface area contributed by atoms with Gasteiger partial charge in [-0.05, 0) is 44.0 Å². The fraction of sp³-hybridized carbons (Fsp3) is 0.389. The lowest BCUT2D eigenvalue weighted by atomic mass is 10.0. The number of anilines is 1. The van der Waals surface area contributed by atoms with Crippen molar-refractivity contribution in [2.75, 3.05) is 18.4 Å². The molecule has 1 fully saturated rings. The first kappa shape index (κ1) is 16.2. The third kappa shape index (κ3) is 4.22. The highest BCUT2D eigenvalue weighted by molar-refractivity contribution is 5.81. The summed E-state index contributed by atoms with van der Waals surface area (Å²) in [5.74, 6) is 1.54. The van der Waals surface area contributed by atoms with Crippen LogP contribution in [0.1, 0.15) is 19.8 Å². The van der Waals surface area contributed by atoms with Gasteiger partial charge in [0, 0.05) is 25.3 Å². The Kier molecular flexibility index (Phi) is 5.25. The Morgan fingerprint density at radius 2 is 1.96 bits per heavy atom. The van der Waals surface area contributed by atoms with Gasteiger partial charge in [-0.25, -0.2) is 0 Å². The number of nitrogens with zero attached hydrogens (tertiary/aromatic N) is 3. The van der Waals surface area contributed by atoms with Gasteiger partial charge in [-0.15, -0.1) is 5.10 Å². The molecule has 3 rings (SSSR count). The smallest absolute Gasteiger partial charge is 0.263 e. The summed E-state index contributed by atoms with van der Waals surface area (Å²) in [4.78, 5) is 14.4. The molecule has 0 radical (unpaired) electrons. The molecule has 6 heteroatoms. The topological polar surface area (TPSA) is 67.3 Å². The van der Waals surface area contributed by atoms with Crippen LogP contribution >= 0.6 is 0 Å². The Balaban J connectivity index is 1.48. The maximum absolute atomic E-state index is 12.5. The number of ether oxygens (including phenoxy) is 1. The third-order valence-electron chi connectivity index (χ3n) is 4.13. The minimum atomic E-state index is -0.475. The van der Waals surface area contributed by atoms with Gasteiger partial charge in [0.25, 0.3) is 5.91 Å². The number of piperidine rings is 1. The molecule has 0 saturated carbocycles. The van der Waals surface area contributed by atoms with E-state index in [2.05, 4.69) is 15.5 Å². The van der Waals surface area contributed by atoms with Crippen molar-refractivity contribution in [3.05, 3.63) is 48.7 Å². The average Bonchev–Trinajstić information content (AvgIpc) is 2.63.